The largest absolute Gasteiger partial charge is 0.380 e. The van der Waals surface area contributed by atoms with Gasteiger partial charge in [0.2, 0.25) is 0 Å². The number of rotatable bonds is 4. The van der Waals surface area contributed by atoms with Gasteiger partial charge in [0.15, 0.2) is 0 Å². The average molecular weight is 322 g/mol. The van der Waals surface area contributed by atoms with Crippen molar-refractivity contribution in [1.82, 2.24) is 0 Å². The lowest BCUT2D eigenvalue weighted by Gasteiger charge is -2.22. The highest BCUT2D eigenvalue weighted by Gasteiger charge is 2.14. The summed E-state index contributed by atoms with van der Waals surface area (Å²) in [7, 11) is -3.72. The molecule has 0 atom stereocenters. The van der Waals surface area contributed by atoms with Crippen molar-refractivity contribution in [3.8, 4) is 0 Å². The van der Waals surface area contributed by atoms with Gasteiger partial charge in [0.1, 0.15) is 5.82 Å². The number of hydrogen-bond donors (Lipinski definition) is 2. The molecule has 118 valence electrons. The summed E-state index contributed by atoms with van der Waals surface area (Å²) in [5.74, 6) is -0.475. The van der Waals surface area contributed by atoms with Crippen molar-refractivity contribution >= 4 is 21.4 Å². The zero-order valence-corrected chi connectivity index (χ0v) is 13.5. The molecule has 2 N–H and O–H groups in total. The van der Waals surface area contributed by atoms with Crippen molar-refractivity contribution in [3.05, 3.63) is 54.3 Å². The third-order valence-electron chi connectivity index (χ3n) is 2.78. The highest BCUT2D eigenvalue weighted by molar-refractivity contribution is 7.92. The van der Waals surface area contributed by atoms with E-state index in [-0.39, 0.29) is 10.4 Å². The molecular formula is C16H19FN2O2S. The van der Waals surface area contributed by atoms with Crippen LogP contribution >= 0.6 is 0 Å². The van der Waals surface area contributed by atoms with E-state index >= 15 is 0 Å². The molecule has 2 rings (SSSR count). The van der Waals surface area contributed by atoms with Gasteiger partial charge < -0.3 is 5.32 Å². The first-order chi connectivity index (χ1) is 10.2. The van der Waals surface area contributed by atoms with Crippen LogP contribution in [0, 0.1) is 5.82 Å². The number of hydrogen-bond acceptors (Lipinski definition) is 3. The summed E-state index contributed by atoms with van der Waals surface area (Å²) in [6, 6.07) is 11.6. The molecule has 0 fully saturated rings. The van der Waals surface area contributed by atoms with Crippen molar-refractivity contribution in [2.45, 2.75) is 31.2 Å². The minimum Gasteiger partial charge on any atom is -0.380 e. The summed E-state index contributed by atoms with van der Waals surface area (Å²) >= 11 is 0. The van der Waals surface area contributed by atoms with E-state index in [1.807, 2.05) is 20.8 Å². The summed E-state index contributed by atoms with van der Waals surface area (Å²) in [6.07, 6.45) is 0. The predicted octanol–water partition coefficient (Wildman–Crippen LogP) is 3.84. The zero-order chi connectivity index (χ0) is 16.4. The first kappa shape index (κ1) is 16.3. The second-order valence-electron chi connectivity index (χ2n) is 6.01. The average Bonchev–Trinajstić information content (AvgIpc) is 2.39. The summed E-state index contributed by atoms with van der Waals surface area (Å²) < 4.78 is 39.7. The monoisotopic (exact) mass is 322 g/mol. The second kappa shape index (κ2) is 5.96. The SMILES string of the molecule is CC(C)(C)Nc1ccc(NS(=O)(=O)c2ccc(F)cc2)cc1. The number of anilines is 2. The molecule has 0 radical (unpaired) electrons. The highest BCUT2D eigenvalue weighted by Crippen LogP contribution is 2.20. The van der Waals surface area contributed by atoms with Crippen LogP contribution in [-0.4, -0.2) is 14.0 Å². The number of halogens is 1. The van der Waals surface area contributed by atoms with Crippen LogP contribution in [0.2, 0.25) is 0 Å². The van der Waals surface area contributed by atoms with Gasteiger partial charge >= 0.3 is 0 Å². The van der Waals surface area contributed by atoms with Crippen LogP contribution < -0.4 is 10.0 Å². The maximum absolute atomic E-state index is 12.9. The van der Waals surface area contributed by atoms with Gasteiger partial charge in [-0.05, 0) is 69.3 Å². The van der Waals surface area contributed by atoms with Crippen LogP contribution in [0.4, 0.5) is 15.8 Å². The Hall–Kier alpha value is -2.08. The molecule has 0 aliphatic carbocycles. The molecule has 6 heteroatoms. The van der Waals surface area contributed by atoms with Crippen LogP contribution in [0.25, 0.3) is 0 Å². The third-order valence-corrected chi connectivity index (χ3v) is 4.18. The van der Waals surface area contributed by atoms with E-state index in [2.05, 4.69) is 10.0 Å². The fourth-order valence-corrected chi connectivity index (χ4v) is 2.94. The molecule has 0 heterocycles. The van der Waals surface area contributed by atoms with E-state index in [1.165, 1.54) is 12.1 Å². The summed E-state index contributed by atoms with van der Waals surface area (Å²) in [4.78, 5) is 0.0193. The Morgan fingerprint density at radius 1 is 0.864 bits per heavy atom. The van der Waals surface area contributed by atoms with E-state index in [1.54, 1.807) is 24.3 Å². The van der Waals surface area contributed by atoms with Gasteiger partial charge in [0.25, 0.3) is 10.0 Å². The Labute approximate surface area is 130 Å². The molecule has 0 saturated carbocycles. The van der Waals surface area contributed by atoms with Gasteiger partial charge in [-0.25, -0.2) is 12.8 Å². The molecule has 22 heavy (non-hydrogen) atoms. The third kappa shape index (κ3) is 4.46. The van der Waals surface area contributed by atoms with E-state index < -0.39 is 15.8 Å². The minimum absolute atomic E-state index is 0.0193. The van der Waals surface area contributed by atoms with Gasteiger partial charge in [-0.1, -0.05) is 0 Å². The van der Waals surface area contributed by atoms with Gasteiger partial charge in [-0.2, -0.15) is 0 Å². The Balaban J connectivity index is 2.14. The number of sulfonamides is 1. The fourth-order valence-electron chi connectivity index (χ4n) is 1.88. The molecule has 2 aromatic carbocycles. The van der Waals surface area contributed by atoms with Gasteiger partial charge in [-0.3, -0.25) is 4.72 Å². The maximum atomic E-state index is 12.9. The Morgan fingerprint density at radius 2 is 1.36 bits per heavy atom. The molecule has 0 amide bonds. The molecule has 0 aromatic heterocycles. The second-order valence-corrected chi connectivity index (χ2v) is 7.69. The molecule has 0 unspecified atom stereocenters. The standard InChI is InChI=1S/C16H19FN2O2S/c1-16(2,3)18-13-6-8-14(9-7-13)19-22(20,21)15-10-4-12(17)5-11-15/h4-11,18-19H,1-3H3. The normalized spacial score (nSPS) is 12.0. The quantitative estimate of drug-likeness (QED) is 0.899. The van der Waals surface area contributed by atoms with Crippen LogP contribution in [0.15, 0.2) is 53.4 Å². The molecule has 0 aliphatic rings. The summed E-state index contributed by atoms with van der Waals surface area (Å²) in [5.41, 5.74) is 1.27. The molecule has 0 aliphatic heterocycles. The van der Waals surface area contributed by atoms with Crippen molar-refractivity contribution in [3.63, 3.8) is 0 Å². The zero-order valence-electron chi connectivity index (χ0n) is 12.7. The van der Waals surface area contributed by atoms with Gasteiger partial charge in [0.05, 0.1) is 4.90 Å². The number of benzene rings is 2. The van der Waals surface area contributed by atoms with E-state index in [0.717, 1.165) is 17.8 Å². The predicted molar refractivity (Wildman–Crippen MR) is 87.0 cm³/mol. The van der Waals surface area contributed by atoms with E-state index in [9.17, 15) is 12.8 Å². The first-order valence-electron chi connectivity index (χ1n) is 6.82. The van der Waals surface area contributed by atoms with Gasteiger partial charge in [0, 0.05) is 16.9 Å². The van der Waals surface area contributed by atoms with Crippen molar-refractivity contribution < 1.29 is 12.8 Å². The molecular weight excluding hydrogens is 303 g/mol. The van der Waals surface area contributed by atoms with Crippen molar-refractivity contribution in [1.29, 1.82) is 0 Å². The van der Waals surface area contributed by atoms with Gasteiger partial charge in [-0.15, -0.1) is 0 Å². The lowest BCUT2D eigenvalue weighted by Crippen LogP contribution is -2.25. The topological polar surface area (TPSA) is 58.2 Å². The lowest BCUT2D eigenvalue weighted by atomic mass is 10.1. The van der Waals surface area contributed by atoms with E-state index in [4.69, 9.17) is 0 Å². The van der Waals surface area contributed by atoms with Crippen LogP contribution in [0.1, 0.15) is 20.8 Å². The Bertz CT molecular complexity index is 733. The molecule has 0 saturated heterocycles. The number of nitrogens with one attached hydrogen (secondary N) is 2. The minimum atomic E-state index is -3.72. The van der Waals surface area contributed by atoms with Crippen molar-refractivity contribution in [2.75, 3.05) is 10.0 Å². The Morgan fingerprint density at radius 3 is 1.86 bits per heavy atom. The lowest BCUT2D eigenvalue weighted by molar-refractivity contribution is 0.599. The maximum Gasteiger partial charge on any atom is 0.261 e. The molecule has 2 aromatic rings. The fraction of sp³-hybridized carbons (Fsp3) is 0.250. The van der Waals surface area contributed by atoms with Crippen molar-refractivity contribution in [2.24, 2.45) is 0 Å². The van der Waals surface area contributed by atoms with Crippen LogP contribution in [-0.2, 0) is 10.0 Å². The van der Waals surface area contributed by atoms with Crippen LogP contribution in [0.3, 0.4) is 0 Å². The highest BCUT2D eigenvalue weighted by atomic mass is 32.2. The first-order valence-corrected chi connectivity index (χ1v) is 8.31. The summed E-state index contributed by atoms with van der Waals surface area (Å²) in [6.45, 7) is 6.12. The molecule has 4 nitrogen and oxygen atoms in total. The van der Waals surface area contributed by atoms with Crippen LogP contribution in [0.5, 0.6) is 0 Å². The smallest absolute Gasteiger partial charge is 0.261 e. The summed E-state index contributed by atoms with van der Waals surface area (Å²) in [5, 5.41) is 3.29. The Kier molecular flexibility index (Phi) is 4.42. The molecule has 0 spiro atoms. The van der Waals surface area contributed by atoms with E-state index in [0.29, 0.717) is 5.69 Å². The molecule has 0 bridgehead atoms.